The van der Waals surface area contributed by atoms with Gasteiger partial charge in [-0.25, -0.2) is 0 Å². The number of hydrogen-bond acceptors (Lipinski definition) is 3. The highest BCUT2D eigenvalue weighted by atomic mass is 16.5. The van der Waals surface area contributed by atoms with Crippen LogP contribution >= 0.6 is 0 Å². The molecule has 2 heterocycles. The molecule has 0 aromatic carbocycles. The van der Waals surface area contributed by atoms with Crippen LogP contribution in [-0.2, 0) is 9.53 Å². The fourth-order valence-corrected chi connectivity index (χ4v) is 2.83. The van der Waals surface area contributed by atoms with Crippen molar-refractivity contribution in [1.82, 2.24) is 10.2 Å². The molecular formula is C13H24N2O2. The van der Waals surface area contributed by atoms with Crippen LogP contribution in [0, 0.1) is 5.92 Å². The molecule has 0 aliphatic carbocycles. The molecule has 2 fully saturated rings. The smallest absolute Gasteiger partial charge is 0.207 e. The normalized spacial score (nSPS) is 27.2. The minimum atomic E-state index is 0.409. The van der Waals surface area contributed by atoms with Gasteiger partial charge in [0.15, 0.2) is 0 Å². The van der Waals surface area contributed by atoms with Crippen LogP contribution in [0.25, 0.3) is 0 Å². The topological polar surface area (TPSA) is 41.6 Å². The molecular weight excluding hydrogens is 216 g/mol. The van der Waals surface area contributed by atoms with Crippen molar-refractivity contribution in [2.24, 2.45) is 5.92 Å². The van der Waals surface area contributed by atoms with Gasteiger partial charge in [-0.15, -0.1) is 0 Å². The molecule has 0 bridgehead atoms. The second kappa shape index (κ2) is 6.97. The number of likely N-dealkylation sites (tertiary alicyclic amines) is 1. The molecule has 1 N–H and O–H groups in total. The van der Waals surface area contributed by atoms with Crippen LogP contribution in [0.5, 0.6) is 0 Å². The van der Waals surface area contributed by atoms with Gasteiger partial charge in [0.05, 0.1) is 0 Å². The Morgan fingerprint density at radius 1 is 1.29 bits per heavy atom. The summed E-state index contributed by atoms with van der Waals surface area (Å²) in [5.74, 6) is 0.810. The van der Waals surface area contributed by atoms with Crippen molar-refractivity contribution in [3.8, 4) is 0 Å². The highest BCUT2D eigenvalue weighted by Crippen LogP contribution is 2.19. The third kappa shape index (κ3) is 4.28. The summed E-state index contributed by atoms with van der Waals surface area (Å²) in [6.07, 6.45) is 6.90. The van der Waals surface area contributed by atoms with E-state index in [4.69, 9.17) is 4.74 Å². The van der Waals surface area contributed by atoms with Crippen molar-refractivity contribution in [1.29, 1.82) is 0 Å². The quantitative estimate of drug-likeness (QED) is 0.705. The van der Waals surface area contributed by atoms with Crippen molar-refractivity contribution in [3.63, 3.8) is 0 Å². The van der Waals surface area contributed by atoms with Gasteiger partial charge in [-0.3, -0.25) is 4.79 Å². The molecule has 2 aliphatic rings. The minimum Gasteiger partial charge on any atom is -0.381 e. The van der Waals surface area contributed by atoms with Gasteiger partial charge < -0.3 is 15.0 Å². The van der Waals surface area contributed by atoms with Crippen LogP contribution < -0.4 is 5.32 Å². The van der Waals surface area contributed by atoms with Gasteiger partial charge in [0.2, 0.25) is 6.41 Å². The summed E-state index contributed by atoms with van der Waals surface area (Å²) in [5, 5.41) is 2.88. The lowest BCUT2D eigenvalue weighted by Gasteiger charge is -2.31. The zero-order valence-corrected chi connectivity index (χ0v) is 10.6. The Morgan fingerprint density at radius 2 is 2.12 bits per heavy atom. The lowest BCUT2D eigenvalue weighted by atomic mass is 10.0. The number of hydrogen-bond donors (Lipinski definition) is 1. The fourth-order valence-electron chi connectivity index (χ4n) is 2.83. The van der Waals surface area contributed by atoms with Gasteiger partial charge in [0.1, 0.15) is 0 Å². The van der Waals surface area contributed by atoms with E-state index in [1.54, 1.807) is 0 Å². The molecule has 1 atom stereocenters. The number of amides is 1. The molecule has 2 saturated heterocycles. The van der Waals surface area contributed by atoms with Crippen molar-refractivity contribution >= 4 is 6.41 Å². The van der Waals surface area contributed by atoms with Crippen LogP contribution in [-0.4, -0.2) is 50.2 Å². The largest absolute Gasteiger partial charge is 0.381 e. The molecule has 0 aromatic heterocycles. The van der Waals surface area contributed by atoms with Gasteiger partial charge in [-0.05, 0) is 44.6 Å². The number of rotatable bonds is 6. The Balaban J connectivity index is 1.53. The van der Waals surface area contributed by atoms with Crippen LogP contribution in [0.15, 0.2) is 0 Å². The van der Waals surface area contributed by atoms with Crippen molar-refractivity contribution < 1.29 is 9.53 Å². The summed E-state index contributed by atoms with van der Waals surface area (Å²) in [4.78, 5) is 12.9. The average molecular weight is 240 g/mol. The Labute approximate surface area is 104 Å². The van der Waals surface area contributed by atoms with Crippen LogP contribution in [0.4, 0.5) is 0 Å². The lowest BCUT2D eigenvalue weighted by Crippen LogP contribution is -2.42. The van der Waals surface area contributed by atoms with E-state index in [-0.39, 0.29) is 0 Å². The zero-order chi connectivity index (χ0) is 11.9. The molecule has 0 radical (unpaired) electrons. The monoisotopic (exact) mass is 240 g/mol. The number of ether oxygens (including phenoxy) is 1. The summed E-state index contributed by atoms with van der Waals surface area (Å²) < 4.78 is 5.39. The maximum absolute atomic E-state index is 10.3. The Hall–Kier alpha value is -0.610. The first-order chi connectivity index (χ1) is 8.38. The van der Waals surface area contributed by atoms with Crippen molar-refractivity contribution in [2.75, 3.05) is 32.8 Å². The number of nitrogens with zero attached hydrogens (tertiary/aromatic N) is 1. The van der Waals surface area contributed by atoms with E-state index < -0.39 is 0 Å². The van der Waals surface area contributed by atoms with Crippen LogP contribution in [0.3, 0.4) is 0 Å². The zero-order valence-electron chi connectivity index (χ0n) is 10.6. The Kier molecular flexibility index (Phi) is 5.26. The summed E-state index contributed by atoms with van der Waals surface area (Å²) in [6, 6.07) is 0.409. The third-order valence-corrected chi connectivity index (χ3v) is 4.00. The van der Waals surface area contributed by atoms with E-state index in [9.17, 15) is 4.79 Å². The predicted molar refractivity (Wildman–Crippen MR) is 66.8 cm³/mol. The van der Waals surface area contributed by atoms with Gasteiger partial charge in [-0.2, -0.15) is 0 Å². The maximum Gasteiger partial charge on any atom is 0.207 e. The van der Waals surface area contributed by atoms with Crippen LogP contribution in [0.2, 0.25) is 0 Å². The SMILES string of the molecule is O=CNC1CCN(CCCC2CCOC2)CC1. The molecule has 4 nitrogen and oxygen atoms in total. The molecule has 98 valence electrons. The average Bonchev–Trinajstić information content (AvgIpc) is 2.85. The second-order valence-corrected chi connectivity index (χ2v) is 5.27. The first kappa shape index (κ1) is 12.8. The molecule has 1 amide bonds. The van der Waals surface area contributed by atoms with Gasteiger partial charge >= 0.3 is 0 Å². The fraction of sp³-hybridized carbons (Fsp3) is 0.923. The van der Waals surface area contributed by atoms with Gasteiger partial charge in [0, 0.05) is 32.3 Å². The highest BCUT2D eigenvalue weighted by Gasteiger charge is 2.19. The number of carbonyl (C=O) groups excluding carboxylic acids is 1. The van der Waals surface area contributed by atoms with E-state index >= 15 is 0 Å². The molecule has 2 rings (SSSR count). The van der Waals surface area contributed by atoms with E-state index in [0.29, 0.717) is 6.04 Å². The van der Waals surface area contributed by atoms with E-state index in [1.165, 1.54) is 25.8 Å². The summed E-state index contributed by atoms with van der Waals surface area (Å²) in [6.45, 7) is 5.42. The Bertz CT molecular complexity index is 221. The number of piperidine rings is 1. The molecule has 4 heteroatoms. The van der Waals surface area contributed by atoms with Gasteiger partial charge in [-0.1, -0.05) is 0 Å². The lowest BCUT2D eigenvalue weighted by molar-refractivity contribution is -0.110. The molecule has 1 unspecified atom stereocenters. The summed E-state index contributed by atoms with van der Waals surface area (Å²) in [5.41, 5.74) is 0. The highest BCUT2D eigenvalue weighted by molar-refractivity contribution is 5.46. The first-order valence-corrected chi connectivity index (χ1v) is 6.88. The second-order valence-electron chi connectivity index (χ2n) is 5.27. The van der Waals surface area contributed by atoms with E-state index in [0.717, 1.165) is 51.5 Å². The molecule has 0 spiro atoms. The van der Waals surface area contributed by atoms with Crippen molar-refractivity contribution in [2.45, 2.75) is 38.1 Å². The predicted octanol–water partition coefficient (Wildman–Crippen LogP) is 1.01. The third-order valence-electron chi connectivity index (χ3n) is 4.00. The minimum absolute atomic E-state index is 0.409. The maximum atomic E-state index is 10.3. The van der Waals surface area contributed by atoms with Gasteiger partial charge in [0.25, 0.3) is 0 Å². The molecule has 17 heavy (non-hydrogen) atoms. The first-order valence-electron chi connectivity index (χ1n) is 6.88. The molecule has 0 aromatic rings. The van der Waals surface area contributed by atoms with Crippen LogP contribution in [0.1, 0.15) is 32.1 Å². The molecule has 2 aliphatic heterocycles. The summed E-state index contributed by atoms with van der Waals surface area (Å²) >= 11 is 0. The number of carbonyl (C=O) groups is 1. The molecule has 0 saturated carbocycles. The van der Waals surface area contributed by atoms with E-state index in [1.807, 2.05) is 0 Å². The van der Waals surface area contributed by atoms with E-state index in [2.05, 4.69) is 10.2 Å². The summed E-state index contributed by atoms with van der Waals surface area (Å²) in [7, 11) is 0. The Morgan fingerprint density at radius 3 is 2.76 bits per heavy atom. The standard InChI is InChI=1S/C13H24N2O2/c16-11-14-13-3-7-15(8-4-13)6-1-2-12-5-9-17-10-12/h11-13H,1-10H2,(H,14,16). The number of nitrogens with one attached hydrogen (secondary N) is 1. The van der Waals surface area contributed by atoms with Crippen molar-refractivity contribution in [3.05, 3.63) is 0 Å².